The monoisotopic (exact) mass is 270 g/mol. The second-order valence-corrected chi connectivity index (χ2v) is 4.54. The van der Waals surface area contributed by atoms with Crippen LogP contribution in [0.4, 0.5) is 0 Å². The summed E-state index contributed by atoms with van der Waals surface area (Å²) in [6, 6.07) is 5.52. The number of amides is 1. The summed E-state index contributed by atoms with van der Waals surface area (Å²) < 4.78 is 5.62. The first-order valence-corrected chi connectivity index (χ1v) is 6.19. The molecule has 0 heterocycles. The summed E-state index contributed by atoms with van der Waals surface area (Å²) in [5.41, 5.74) is 0.916. The highest BCUT2D eigenvalue weighted by Crippen LogP contribution is 2.26. The average Bonchev–Trinajstić information content (AvgIpc) is 2.33. The number of rotatable bonds is 6. The Balaban J connectivity index is 2.61. The number of hydrogen-bond acceptors (Lipinski definition) is 3. The van der Waals surface area contributed by atoms with E-state index in [1.54, 1.807) is 19.0 Å². The number of halogens is 1. The van der Waals surface area contributed by atoms with Gasteiger partial charge in [0.2, 0.25) is 5.91 Å². The molecular weight excluding hydrogens is 252 g/mol. The van der Waals surface area contributed by atoms with E-state index in [1.807, 2.05) is 25.2 Å². The van der Waals surface area contributed by atoms with Crippen LogP contribution in [0.3, 0.4) is 0 Å². The highest BCUT2D eigenvalue weighted by atomic mass is 35.5. The van der Waals surface area contributed by atoms with E-state index in [0.29, 0.717) is 24.6 Å². The van der Waals surface area contributed by atoms with Crippen LogP contribution in [0.25, 0.3) is 0 Å². The largest absolute Gasteiger partial charge is 0.493 e. The van der Waals surface area contributed by atoms with Crippen LogP contribution >= 0.6 is 11.6 Å². The molecule has 5 heteroatoms. The maximum atomic E-state index is 11.4. The van der Waals surface area contributed by atoms with Gasteiger partial charge >= 0.3 is 0 Å². The lowest BCUT2D eigenvalue weighted by molar-refractivity contribution is -0.129. The third-order valence-electron chi connectivity index (χ3n) is 2.50. The molecule has 0 aliphatic rings. The molecular formula is C13H19ClN2O2. The van der Waals surface area contributed by atoms with Gasteiger partial charge in [-0.1, -0.05) is 17.7 Å². The van der Waals surface area contributed by atoms with Crippen molar-refractivity contribution >= 4 is 17.5 Å². The van der Waals surface area contributed by atoms with Gasteiger partial charge in [-0.25, -0.2) is 0 Å². The zero-order chi connectivity index (χ0) is 13.5. The van der Waals surface area contributed by atoms with Crippen LogP contribution in [-0.2, 0) is 11.3 Å². The minimum absolute atomic E-state index is 0.0483. The van der Waals surface area contributed by atoms with Gasteiger partial charge in [-0.15, -0.1) is 0 Å². The van der Waals surface area contributed by atoms with E-state index in [4.69, 9.17) is 16.3 Å². The first-order chi connectivity index (χ1) is 8.56. The standard InChI is InChI=1S/C13H19ClN2O2/c1-15-9-10-11(14)5-4-6-12(10)18-8-7-13(17)16(2)3/h4-6,15H,7-9H2,1-3H3. The van der Waals surface area contributed by atoms with E-state index in [0.717, 1.165) is 11.3 Å². The van der Waals surface area contributed by atoms with Gasteiger partial charge in [0.1, 0.15) is 5.75 Å². The summed E-state index contributed by atoms with van der Waals surface area (Å²) in [5.74, 6) is 0.774. The molecule has 1 N–H and O–H groups in total. The maximum absolute atomic E-state index is 11.4. The summed E-state index contributed by atoms with van der Waals surface area (Å²) in [7, 11) is 5.31. The molecule has 0 atom stereocenters. The zero-order valence-corrected chi connectivity index (χ0v) is 11.8. The topological polar surface area (TPSA) is 41.6 Å². The highest BCUT2D eigenvalue weighted by molar-refractivity contribution is 6.31. The summed E-state index contributed by atoms with van der Waals surface area (Å²) in [5, 5.41) is 3.71. The van der Waals surface area contributed by atoms with E-state index in [9.17, 15) is 4.79 Å². The van der Waals surface area contributed by atoms with Crippen molar-refractivity contribution in [3.8, 4) is 5.75 Å². The molecule has 0 saturated carbocycles. The first kappa shape index (κ1) is 14.8. The molecule has 100 valence electrons. The SMILES string of the molecule is CNCc1c(Cl)cccc1OCCC(=O)N(C)C. The zero-order valence-electron chi connectivity index (χ0n) is 11.0. The van der Waals surface area contributed by atoms with Crippen molar-refractivity contribution in [3.05, 3.63) is 28.8 Å². The van der Waals surface area contributed by atoms with Crippen molar-refractivity contribution in [2.24, 2.45) is 0 Å². The minimum atomic E-state index is 0.0483. The Morgan fingerprint density at radius 3 is 2.78 bits per heavy atom. The first-order valence-electron chi connectivity index (χ1n) is 5.81. The second kappa shape index (κ2) is 7.24. The number of nitrogens with zero attached hydrogens (tertiary/aromatic N) is 1. The van der Waals surface area contributed by atoms with E-state index in [-0.39, 0.29) is 5.91 Å². The number of ether oxygens (including phenoxy) is 1. The van der Waals surface area contributed by atoms with Crippen LogP contribution in [0.15, 0.2) is 18.2 Å². The Kier molecular flexibility index (Phi) is 5.95. The fraction of sp³-hybridized carbons (Fsp3) is 0.462. The van der Waals surface area contributed by atoms with Gasteiger partial charge in [0.25, 0.3) is 0 Å². The lowest BCUT2D eigenvalue weighted by Gasteiger charge is -2.14. The van der Waals surface area contributed by atoms with Gasteiger partial charge in [-0.3, -0.25) is 4.79 Å². The lowest BCUT2D eigenvalue weighted by Crippen LogP contribution is -2.23. The third kappa shape index (κ3) is 4.20. The number of hydrogen-bond donors (Lipinski definition) is 1. The maximum Gasteiger partial charge on any atom is 0.225 e. The van der Waals surface area contributed by atoms with Crippen LogP contribution in [0, 0.1) is 0 Å². The van der Waals surface area contributed by atoms with Crippen molar-refractivity contribution in [2.75, 3.05) is 27.7 Å². The average molecular weight is 271 g/mol. The Bertz CT molecular complexity index is 408. The van der Waals surface area contributed by atoms with Crippen LogP contribution in [-0.4, -0.2) is 38.6 Å². The molecule has 1 rings (SSSR count). The minimum Gasteiger partial charge on any atom is -0.493 e. The molecule has 0 bridgehead atoms. The molecule has 0 fully saturated rings. The van der Waals surface area contributed by atoms with Gasteiger partial charge in [-0.2, -0.15) is 0 Å². The number of nitrogens with one attached hydrogen (secondary N) is 1. The van der Waals surface area contributed by atoms with E-state index >= 15 is 0 Å². The van der Waals surface area contributed by atoms with Gasteiger partial charge in [0.15, 0.2) is 0 Å². The molecule has 1 aromatic carbocycles. The van der Waals surface area contributed by atoms with Crippen molar-refractivity contribution in [3.63, 3.8) is 0 Å². The molecule has 1 aromatic rings. The Morgan fingerprint density at radius 1 is 1.44 bits per heavy atom. The number of carbonyl (C=O) groups is 1. The molecule has 0 spiro atoms. The smallest absolute Gasteiger partial charge is 0.225 e. The predicted octanol–water partition coefficient (Wildman–Crippen LogP) is 1.92. The Morgan fingerprint density at radius 2 is 2.17 bits per heavy atom. The summed E-state index contributed by atoms with van der Waals surface area (Å²) >= 11 is 6.10. The summed E-state index contributed by atoms with van der Waals surface area (Å²) in [4.78, 5) is 13.0. The van der Waals surface area contributed by atoms with Crippen molar-refractivity contribution in [1.29, 1.82) is 0 Å². The fourth-order valence-electron chi connectivity index (χ4n) is 1.49. The molecule has 0 aliphatic carbocycles. The quantitative estimate of drug-likeness (QED) is 0.859. The van der Waals surface area contributed by atoms with E-state index in [2.05, 4.69) is 5.32 Å². The van der Waals surface area contributed by atoms with Crippen molar-refractivity contribution in [2.45, 2.75) is 13.0 Å². The lowest BCUT2D eigenvalue weighted by atomic mass is 10.2. The predicted molar refractivity (Wildman–Crippen MR) is 73.0 cm³/mol. The van der Waals surface area contributed by atoms with Crippen LogP contribution in [0.1, 0.15) is 12.0 Å². The molecule has 0 unspecified atom stereocenters. The van der Waals surface area contributed by atoms with Crippen molar-refractivity contribution < 1.29 is 9.53 Å². The molecule has 18 heavy (non-hydrogen) atoms. The highest BCUT2D eigenvalue weighted by Gasteiger charge is 2.09. The second-order valence-electron chi connectivity index (χ2n) is 4.13. The fourth-order valence-corrected chi connectivity index (χ4v) is 1.73. The van der Waals surface area contributed by atoms with Gasteiger partial charge in [0.05, 0.1) is 13.0 Å². The molecule has 1 amide bonds. The molecule has 0 aromatic heterocycles. The van der Waals surface area contributed by atoms with Gasteiger partial charge in [-0.05, 0) is 19.2 Å². The summed E-state index contributed by atoms with van der Waals surface area (Å²) in [6.45, 7) is 0.991. The normalized spacial score (nSPS) is 10.2. The molecule has 0 radical (unpaired) electrons. The summed E-state index contributed by atoms with van der Waals surface area (Å²) in [6.07, 6.45) is 0.360. The van der Waals surface area contributed by atoms with Crippen LogP contribution < -0.4 is 10.1 Å². The van der Waals surface area contributed by atoms with E-state index < -0.39 is 0 Å². The number of carbonyl (C=O) groups excluding carboxylic acids is 1. The number of benzene rings is 1. The van der Waals surface area contributed by atoms with Gasteiger partial charge < -0.3 is 15.0 Å². The molecule has 0 aliphatic heterocycles. The molecule has 4 nitrogen and oxygen atoms in total. The Labute approximate surface area is 113 Å². The Hall–Kier alpha value is -1.26. The van der Waals surface area contributed by atoms with Crippen molar-refractivity contribution in [1.82, 2.24) is 10.2 Å². The van der Waals surface area contributed by atoms with Gasteiger partial charge in [0, 0.05) is 31.2 Å². The third-order valence-corrected chi connectivity index (χ3v) is 2.86. The van der Waals surface area contributed by atoms with Crippen LogP contribution in [0.5, 0.6) is 5.75 Å². The van der Waals surface area contributed by atoms with Crippen LogP contribution in [0.2, 0.25) is 5.02 Å². The van der Waals surface area contributed by atoms with E-state index in [1.165, 1.54) is 0 Å². The molecule has 0 saturated heterocycles.